The first-order valence-corrected chi connectivity index (χ1v) is 5.96. The quantitative estimate of drug-likeness (QED) is 0.681. The molecule has 0 aliphatic heterocycles. The van der Waals surface area contributed by atoms with E-state index >= 15 is 0 Å². The number of carbonyl (C=O) groups is 1. The second kappa shape index (κ2) is 5.61. The second-order valence-electron chi connectivity index (χ2n) is 3.51. The number of benzene rings is 1. The highest BCUT2D eigenvalue weighted by Gasteiger charge is 2.22. The van der Waals surface area contributed by atoms with Crippen LogP contribution in [0.3, 0.4) is 0 Å². The Kier molecular flexibility index (Phi) is 3.89. The van der Waals surface area contributed by atoms with Gasteiger partial charge < -0.3 is 5.11 Å². The smallest absolute Gasteiger partial charge is 0.338 e. The van der Waals surface area contributed by atoms with Gasteiger partial charge >= 0.3 is 5.97 Å². The fraction of sp³-hybridized carbons (Fsp3) is 0. The van der Waals surface area contributed by atoms with Gasteiger partial charge in [0.15, 0.2) is 0 Å². The zero-order valence-corrected chi connectivity index (χ0v) is 10.5. The highest BCUT2D eigenvalue weighted by molar-refractivity contribution is 7.99. The van der Waals surface area contributed by atoms with E-state index in [9.17, 15) is 19.3 Å². The number of nitrogens with zero attached hydrogens (tertiary/aromatic N) is 3. The van der Waals surface area contributed by atoms with Crippen LogP contribution in [0, 0.1) is 15.9 Å². The molecule has 1 aromatic carbocycles. The molecule has 1 aromatic heterocycles. The van der Waals surface area contributed by atoms with E-state index in [1.807, 2.05) is 0 Å². The molecular weight excluding hydrogens is 289 g/mol. The van der Waals surface area contributed by atoms with Gasteiger partial charge in [-0.25, -0.2) is 14.2 Å². The van der Waals surface area contributed by atoms with Gasteiger partial charge in [-0.3, -0.25) is 15.1 Å². The Labute approximate surface area is 115 Å². The van der Waals surface area contributed by atoms with E-state index in [-0.39, 0.29) is 4.90 Å². The predicted octanol–water partition coefficient (Wildman–Crippen LogP) is 2.37. The Hall–Kier alpha value is -2.55. The molecule has 0 aliphatic carbocycles. The summed E-state index contributed by atoms with van der Waals surface area (Å²) in [6.45, 7) is 0. The number of rotatable bonds is 4. The molecule has 0 bridgehead atoms. The number of halogens is 1. The summed E-state index contributed by atoms with van der Waals surface area (Å²) >= 11 is 0.829. The lowest BCUT2D eigenvalue weighted by Gasteiger charge is -2.04. The summed E-state index contributed by atoms with van der Waals surface area (Å²) < 4.78 is 13.6. The van der Waals surface area contributed by atoms with E-state index in [2.05, 4.69) is 9.97 Å². The van der Waals surface area contributed by atoms with Crippen LogP contribution in [0.15, 0.2) is 40.6 Å². The topological polar surface area (TPSA) is 106 Å². The van der Waals surface area contributed by atoms with E-state index in [1.54, 1.807) is 0 Å². The molecule has 2 rings (SSSR count). The summed E-state index contributed by atoms with van der Waals surface area (Å²) in [4.78, 5) is 28.6. The highest BCUT2D eigenvalue weighted by atomic mass is 32.2. The molecular formula is C11H6FN3O4S. The lowest BCUT2D eigenvalue weighted by molar-refractivity contribution is -0.387. The Morgan fingerprint density at radius 1 is 1.40 bits per heavy atom. The van der Waals surface area contributed by atoms with Crippen LogP contribution in [0.1, 0.15) is 10.4 Å². The molecule has 0 saturated carbocycles. The molecule has 20 heavy (non-hydrogen) atoms. The van der Waals surface area contributed by atoms with Crippen molar-refractivity contribution in [3.63, 3.8) is 0 Å². The van der Waals surface area contributed by atoms with Gasteiger partial charge in [-0.1, -0.05) is 11.8 Å². The van der Waals surface area contributed by atoms with Gasteiger partial charge in [-0.15, -0.1) is 0 Å². The minimum atomic E-state index is -1.57. The van der Waals surface area contributed by atoms with Gasteiger partial charge in [0.1, 0.15) is 16.4 Å². The van der Waals surface area contributed by atoms with Gasteiger partial charge in [0.2, 0.25) is 0 Å². The average molecular weight is 295 g/mol. The summed E-state index contributed by atoms with van der Waals surface area (Å²) in [6.07, 6.45) is 4.17. The summed E-state index contributed by atoms with van der Waals surface area (Å²) in [7, 11) is 0. The van der Waals surface area contributed by atoms with Crippen LogP contribution in [0.4, 0.5) is 10.1 Å². The van der Waals surface area contributed by atoms with Crippen molar-refractivity contribution in [1.29, 1.82) is 0 Å². The van der Waals surface area contributed by atoms with Crippen LogP contribution in [-0.4, -0.2) is 26.0 Å². The first-order valence-electron chi connectivity index (χ1n) is 5.14. The van der Waals surface area contributed by atoms with E-state index in [0.29, 0.717) is 11.1 Å². The summed E-state index contributed by atoms with van der Waals surface area (Å²) in [5, 5.41) is 20.0. The number of nitro benzene ring substituents is 1. The Morgan fingerprint density at radius 3 is 2.70 bits per heavy atom. The van der Waals surface area contributed by atoms with Gasteiger partial charge in [0.25, 0.3) is 5.69 Å². The van der Waals surface area contributed by atoms with Gasteiger partial charge in [-0.2, -0.15) is 0 Å². The highest BCUT2D eigenvalue weighted by Crippen LogP contribution is 2.35. The predicted molar refractivity (Wildman–Crippen MR) is 66.2 cm³/mol. The third-order valence-electron chi connectivity index (χ3n) is 2.23. The first kappa shape index (κ1) is 13.9. The van der Waals surface area contributed by atoms with Gasteiger partial charge in [0, 0.05) is 18.5 Å². The number of hydrogen-bond acceptors (Lipinski definition) is 6. The van der Waals surface area contributed by atoms with Crippen molar-refractivity contribution < 1.29 is 19.2 Å². The minimum Gasteiger partial charge on any atom is -0.478 e. The summed E-state index contributed by atoms with van der Waals surface area (Å²) in [6, 6.07) is 1.50. The third-order valence-corrected chi connectivity index (χ3v) is 3.20. The maximum Gasteiger partial charge on any atom is 0.338 e. The molecule has 1 N–H and O–H groups in total. The van der Waals surface area contributed by atoms with E-state index in [1.165, 1.54) is 18.6 Å². The van der Waals surface area contributed by atoms with Crippen LogP contribution in [0.5, 0.6) is 0 Å². The van der Waals surface area contributed by atoms with Crippen molar-refractivity contribution in [2.45, 2.75) is 9.92 Å². The number of aromatic nitrogens is 2. The first-order chi connectivity index (χ1) is 9.49. The molecule has 0 unspecified atom stereocenters. The Balaban J connectivity index is 2.49. The third kappa shape index (κ3) is 2.88. The lowest BCUT2D eigenvalue weighted by atomic mass is 10.2. The Bertz CT molecular complexity index is 681. The molecule has 0 saturated heterocycles. The van der Waals surface area contributed by atoms with Crippen molar-refractivity contribution in [2.24, 2.45) is 0 Å². The monoisotopic (exact) mass is 295 g/mol. The lowest BCUT2D eigenvalue weighted by Crippen LogP contribution is -2.03. The maximum absolute atomic E-state index is 13.6. The minimum absolute atomic E-state index is 0.0435. The zero-order chi connectivity index (χ0) is 14.7. The van der Waals surface area contributed by atoms with Crippen molar-refractivity contribution >= 4 is 23.4 Å². The molecule has 0 atom stereocenters. The fourth-order valence-electron chi connectivity index (χ4n) is 1.38. The largest absolute Gasteiger partial charge is 0.478 e. The number of carboxylic acid groups (broad SMARTS) is 1. The van der Waals surface area contributed by atoms with Crippen LogP contribution in [0.25, 0.3) is 0 Å². The number of hydrogen-bond donors (Lipinski definition) is 1. The molecule has 102 valence electrons. The molecule has 2 aromatic rings. The molecule has 7 nitrogen and oxygen atoms in total. The van der Waals surface area contributed by atoms with Crippen LogP contribution in [-0.2, 0) is 0 Å². The van der Waals surface area contributed by atoms with E-state index < -0.39 is 28.0 Å². The fourth-order valence-corrected chi connectivity index (χ4v) is 2.24. The van der Waals surface area contributed by atoms with Gasteiger partial charge in [0.05, 0.1) is 16.0 Å². The van der Waals surface area contributed by atoms with E-state index in [4.69, 9.17) is 5.11 Å². The number of aromatic carboxylic acids is 1. The van der Waals surface area contributed by atoms with Crippen molar-refractivity contribution in [2.75, 3.05) is 0 Å². The number of nitro groups is 1. The average Bonchev–Trinajstić information content (AvgIpc) is 2.39. The van der Waals surface area contributed by atoms with Crippen LogP contribution >= 0.6 is 11.8 Å². The molecule has 0 fully saturated rings. The zero-order valence-electron chi connectivity index (χ0n) is 9.69. The SMILES string of the molecule is O=C(O)c1cc([N+](=O)[O-])c(Sc2cnccn2)cc1F. The van der Waals surface area contributed by atoms with Crippen LogP contribution in [0.2, 0.25) is 0 Å². The Morgan fingerprint density at radius 2 is 2.15 bits per heavy atom. The van der Waals surface area contributed by atoms with Crippen molar-refractivity contribution in [3.05, 3.63) is 52.2 Å². The van der Waals surface area contributed by atoms with Crippen molar-refractivity contribution in [1.82, 2.24) is 9.97 Å². The molecule has 9 heteroatoms. The summed E-state index contributed by atoms with van der Waals surface area (Å²) in [5.74, 6) is -2.61. The van der Waals surface area contributed by atoms with Crippen LogP contribution < -0.4 is 0 Å². The molecule has 0 aliphatic rings. The molecule has 1 heterocycles. The normalized spacial score (nSPS) is 10.2. The molecule has 0 amide bonds. The second-order valence-corrected chi connectivity index (χ2v) is 4.57. The van der Waals surface area contributed by atoms with Crippen molar-refractivity contribution in [3.8, 4) is 0 Å². The molecule has 0 radical (unpaired) electrons. The summed E-state index contributed by atoms with van der Waals surface area (Å²) in [5.41, 5.74) is -1.25. The number of carboxylic acids is 1. The molecule has 0 spiro atoms. The maximum atomic E-state index is 13.6. The van der Waals surface area contributed by atoms with Gasteiger partial charge in [-0.05, 0) is 6.07 Å². The van der Waals surface area contributed by atoms with E-state index in [0.717, 1.165) is 17.8 Å². The standard InChI is InChI=1S/C11H6FN3O4S/c12-7-4-9(20-10-5-13-1-2-14-10)8(15(18)19)3-6(7)11(16)17/h1-5H,(H,16,17).